The Morgan fingerprint density at radius 3 is 2.67 bits per heavy atom. The summed E-state index contributed by atoms with van der Waals surface area (Å²) in [6.07, 6.45) is 4.32. The van der Waals surface area contributed by atoms with E-state index < -0.39 is 6.43 Å². The third kappa shape index (κ3) is 1.90. The molecule has 0 bridgehead atoms. The molecule has 1 aromatic rings. The molecule has 0 spiro atoms. The van der Waals surface area contributed by atoms with E-state index in [9.17, 15) is 13.9 Å². The Morgan fingerprint density at radius 1 is 1.11 bits per heavy atom. The van der Waals surface area contributed by atoms with Crippen LogP contribution in [0.15, 0.2) is 12.1 Å². The maximum Gasteiger partial charge on any atom is 0.267 e. The van der Waals surface area contributed by atoms with Gasteiger partial charge in [0.15, 0.2) is 0 Å². The van der Waals surface area contributed by atoms with Gasteiger partial charge in [-0.3, -0.25) is 0 Å². The standard InChI is InChI=1S/C15H18F2O/c16-15(17)13-7-10-6-5-9-3-1-2-4-11(9)12(10)8-14(13)18/h7-9,11,15,18H,1-6H2. The van der Waals surface area contributed by atoms with Gasteiger partial charge in [-0.2, -0.15) is 0 Å². The summed E-state index contributed by atoms with van der Waals surface area (Å²) in [5.74, 6) is 0.957. The molecule has 2 unspecified atom stereocenters. The van der Waals surface area contributed by atoms with E-state index >= 15 is 0 Å². The van der Waals surface area contributed by atoms with Gasteiger partial charge in [0, 0.05) is 0 Å². The first-order valence-corrected chi connectivity index (χ1v) is 6.80. The third-order valence-corrected chi connectivity index (χ3v) is 4.62. The molecule has 3 heteroatoms. The molecule has 2 atom stereocenters. The van der Waals surface area contributed by atoms with Crippen LogP contribution in [0.4, 0.5) is 8.78 Å². The minimum absolute atomic E-state index is 0.206. The van der Waals surface area contributed by atoms with Gasteiger partial charge in [0.25, 0.3) is 6.43 Å². The van der Waals surface area contributed by atoms with Crippen molar-refractivity contribution in [3.63, 3.8) is 0 Å². The summed E-state index contributed by atoms with van der Waals surface area (Å²) in [4.78, 5) is 0. The molecule has 1 aromatic carbocycles. The number of rotatable bonds is 1. The Morgan fingerprint density at radius 2 is 1.89 bits per heavy atom. The molecule has 2 aliphatic carbocycles. The highest BCUT2D eigenvalue weighted by molar-refractivity contribution is 5.45. The van der Waals surface area contributed by atoms with Crippen LogP contribution in [-0.4, -0.2) is 5.11 Å². The smallest absolute Gasteiger partial charge is 0.267 e. The van der Waals surface area contributed by atoms with Crippen LogP contribution >= 0.6 is 0 Å². The maximum atomic E-state index is 12.8. The number of halogens is 2. The van der Waals surface area contributed by atoms with E-state index in [-0.39, 0.29) is 11.3 Å². The summed E-state index contributed by atoms with van der Waals surface area (Å²) in [6, 6.07) is 3.14. The Bertz CT molecular complexity index is 456. The lowest BCUT2D eigenvalue weighted by Gasteiger charge is -2.37. The number of aromatic hydroxyl groups is 1. The molecule has 1 fully saturated rings. The second kappa shape index (κ2) is 4.52. The number of phenolic OH excluding ortho intramolecular Hbond substituents is 1. The summed E-state index contributed by atoms with van der Waals surface area (Å²) >= 11 is 0. The summed E-state index contributed by atoms with van der Waals surface area (Å²) in [5.41, 5.74) is 1.96. The molecule has 1 N–H and O–H groups in total. The summed E-state index contributed by atoms with van der Waals surface area (Å²) < 4.78 is 25.5. The van der Waals surface area contributed by atoms with Crippen molar-refractivity contribution < 1.29 is 13.9 Å². The first-order chi connectivity index (χ1) is 8.66. The molecule has 0 aromatic heterocycles. The summed E-state index contributed by atoms with van der Waals surface area (Å²) in [7, 11) is 0. The zero-order valence-electron chi connectivity index (χ0n) is 10.3. The van der Waals surface area contributed by atoms with Crippen molar-refractivity contribution in [1.29, 1.82) is 0 Å². The Labute approximate surface area is 106 Å². The Balaban J connectivity index is 2.02. The van der Waals surface area contributed by atoms with Crippen molar-refractivity contribution in [2.45, 2.75) is 50.9 Å². The predicted octanol–water partition coefficient (Wildman–Crippen LogP) is 4.55. The second-order valence-corrected chi connectivity index (χ2v) is 5.60. The third-order valence-electron chi connectivity index (χ3n) is 4.62. The number of phenols is 1. The number of fused-ring (bicyclic) bond motifs is 3. The van der Waals surface area contributed by atoms with Gasteiger partial charge in [-0.1, -0.05) is 12.8 Å². The normalized spacial score (nSPS) is 26.8. The SMILES string of the molecule is Oc1cc2c(cc1C(F)F)CCC1CCCCC21. The molecular formula is C15H18F2O. The highest BCUT2D eigenvalue weighted by atomic mass is 19.3. The van der Waals surface area contributed by atoms with E-state index in [0.717, 1.165) is 30.4 Å². The molecule has 18 heavy (non-hydrogen) atoms. The fourth-order valence-corrected chi connectivity index (χ4v) is 3.71. The van der Waals surface area contributed by atoms with E-state index in [4.69, 9.17) is 0 Å². The van der Waals surface area contributed by atoms with Crippen LogP contribution in [0, 0.1) is 5.92 Å². The Kier molecular flexibility index (Phi) is 3.00. The number of hydrogen-bond donors (Lipinski definition) is 1. The average Bonchev–Trinajstić information content (AvgIpc) is 2.37. The molecule has 0 heterocycles. The van der Waals surface area contributed by atoms with E-state index in [0.29, 0.717) is 11.8 Å². The topological polar surface area (TPSA) is 20.2 Å². The van der Waals surface area contributed by atoms with Crippen molar-refractivity contribution in [3.05, 3.63) is 28.8 Å². The molecule has 0 aliphatic heterocycles. The van der Waals surface area contributed by atoms with Crippen molar-refractivity contribution in [2.75, 3.05) is 0 Å². The summed E-state index contributed by atoms with van der Waals surface area (Å²) in [6.45, 7) is 0. The fraction of sp³-hybridized carbons (Fsp3) is 0.600. The van der Waals surface area contributed by atoms with Gasteiger partial charge in [0.2, 0.25) is 0 Å². The highest BCUT2D eigenvalue weighted by Crippen LogP contribution is 2.47. The second-order valence-electron chi connectivity index (χ2n) is 5.60. The van der Waals surface area contributed by atoms with Crippen LogP contribution in [0.3, 0.4) is 0 Å². The predicted molar refractivity (Wildman–Crippen MR) is 66.1 cm³/mol. The summed E-state index contributed by atoms with van der Waals surface area (Å²) in [5, 5.41) is 9.75. The van der Waals surface area contributed by atoms with Crippen LogP contribution in [0.2, 0.25) is 0 Å². The van der Waals surface area contributed by atoms with Gasteiger partial charge in [-0.15, -0.1) is 0 Å². The van der Waals surface area contributed by atoms with Gasteiger partial charge >= 0.3 is 0 Å². The Hall–Kier alpha value is -1.12. The van der Waals surface area contributed by atoms with E-state index in [2.05, 4.69) is 0 Å². The van der Waals surface area contributed by atoms with E-state index in [1.165, 1.54) is 25.3 Å². The van der Waals surface area contributed by atoms with Gasteiger partial charge in [-0.05, 0) is 60.8 Å². The van der Waals surface area contributed by atoms with Crippen molar-refractivity contribution in [3.8, 4) is 5.75 Å². The molecule has 0 amide bonds. The molecule has 2 aliphatic rings. The zero-order valence-corrected chi connectivity index (χ0v) is 10.3. The fourth-order valence-electron chi connectivity index (χ4n) is 3.71. The maximum absolute atomic E-state index is 12.8. The van der Waals surface area contributed by atoms with Crippen LogP contribution < -0.4 is 0 Å². The monoisotopic (exact) mass is 252 g/mol. The lowest BCUT2D eigenvalue weighted by Crippen LogP contribution is -2.24. The van der Waals surface area contributed by atoms with Crippen LogP contribution in [0.1, 0.15) is 61.1 Å². The van der Waals surface area contributed by atoms with Crippen molar-refractivity contribution in [2.24, 2.45) is 5.92 Å². The van der Waals surface area contributed by atoms with Crippen LogP contribution in [0.5, 0.6) is 5.75 Å². The highest BCUT2D eigenvalue weighted by Gasteiger charge is 2.32. The zero-order chi connectivity index (χ0) is 12.7. The van der Waals surface area contributed by atoms with E-state index in [1.54, 1.807) is 6.07 Å². The number of benzene rings is 1. The quantitative estimate of drug-likeness (QED) is 0.777. The number of alkyl halides is 2. The molecule has 98 valence electrons. The van der Waals surface area contributed by atoms with Gasteiger partial charge in [0.1, 0.15) is 5.75 Å². The minimum Gasteiger partial charge on any atom is -0.507 e. The van der Waals surface area contributed by atoms with Gasteiger partial charge < -0.3 is 5.11 Å². The molecular weight excluding hydrogens is 234 g/mol. The largest absolute Gasteiger partial charge is 0.507 e. The molecule has 1 nitrogen and oxygen atoms in total. The van der Waals surface area contributed by atoms with Crippen molar-refractivity contribution in [1.82, 2.24) is 0 Å². The van der Waals surface area contributed by atoms with Crippen molar-refractivity contribution >= 4 is 0 Å². The molecule has 3 rings (SSSR count). The lowest BCUT2D eigenvalue weighted by molar-refractivity contribution is 0.147. The lowest BCUT2D eigenvalue weighted by atomic mass is 9.68. The van der Waals surface area contributed by atoms with Crippen LogP contribution in [-0.2, 0) is 6.42 Å². The van der Waals surface area contributed by atoms with Crippen LogP contribution in [0.25, 0.3) is 0 Å². The molecule has 1 saturated carbocycles. The average molecular weight is 252 g/mol. The first kappa shape index (κ1) is 11.9. The van der Waals surface area contributed by atoms with Gasteiger partial charge in [-0.25, -0.2) is 8.78 Å². The first-order valence-electron chi connectivity index (χ1n) is 6.80. The number of aryl methyl sites for hydroxylation is 1. The minimum atomic E-state index is -2.58. The number of hydrogen-bond acceptors (Lipinski definition) is 1. The molecule has 0 saturated heterocycles. The van der Waals surface area contributed by atoms with E-state index in [1.807, 2.05) is 0 Å². The molecule has 0 radical (unpaired) electrons. The van der Waals surface area contributed by atoms with Gasteiger partial charge in [0.05, 0.1) is 5.56 Å².